The molecule has 4 heterocycles. The van der Waals surface area contributed by atoms with E-state index in [2.05, 4.69) is 58.0 Å². The first-order chi connectivity index (χ1) is 27.9. The number of fused-ring (bicyclic) bond motifs is 1. The minimum atomic E-state index is 0.275. The molecule has 0 saturated carbocycles. The molecule has 6 aromatic rings. The van der Waals surface area contributed by atoms with Crippen LogP contribution in [-0.4, -0.2) is 51.5 Å². The van der Waals surface area contributed by atoms with Crippen LogP contribution in [0, 0.1) is 0 Å². The van der Waals surface area contributed by atoms with Gasteiger partial charge in [0.25, 0.3) is 0 Å². The van der Waals surface area contributed by atoms with Crippen molar-refractivity contribution in [2.45, 2.75) is 126 Å². The monoisotopic (exact) mass is 793 g/mol. The lowest BCUT2D eigenvalue weighted by Crippen LogP contribution is -2.02. The molecule has 58 heavy (non-hydrogen) atoms. The number of methoxy groups -OCH3 is 1. The zero-order valence-corrected chi connectivity index (χ0v) is 36.7. The lowest BCUT2D eigenvalue weighted by atomic mass is 10.1. The number of pyridine rings is 3. The highest BCUT2D eigenvalue weighted by Crippen LogP contribution is 2.28. The van der Waals surface area contributed by atoms with Crippen LogP contribution >= 0.6 is 0 Å². The maximum atomic E-state index is 5.43. The molecular weight excluding hydrogens is 725 g/mol. The summed E-state index contributed by atoms with van der Waals surface area (Å²) in [6, 6.07) is 32.1. The third-order valence-corrected chi connectivity index (χ3v) is 7.84. The molecule has 9 heteroatoms. The lowest BCUT2D eigenvalue weighted by molar-refractivity contribution is 0.0636. The Morgan fingerprint density at radius 1 is 0.500 bits per heavy atom. The number of aromatic nitrogens is 4. The molecule has 0 aliphatic heterocycles. The van der Waals surface area contributed by atoms with E-state index < -0.39 is 0 Å². The highest BCUT2D eigenvalue weighted by molar-refractivity contribution is 5.86. The first-order valence-electron chi connectivity index (χ1n) is 20.2. The van der Waals surface area contributed by atoms with E-state index >= 15 is 0 Å². The number of aromatic amines is 1. The summed E-state index contributed by atoms with van der Waals surface area (Å²) in [5, 5.41) is 1.17. The molecule has 0 amide bonds. The van der Waals surface area contributed by atoms with Crippen LogP contribution in [0.1, 0.15) is 103 Å². The highest BCUT2D eigenvalue weighted by atomic mass is 16.5. The first-order valence-corrected chi connectivity index (χ1v) is 20.2. The van der Waals surface area contributed by atoms with Gasteiger partial charge in [0.15, 0.2) is 0 Å². The zero-order valence-electron chi connectivity index (χ0n) is 36.7. The Balaban J connectivity index is 0.000000251. The van der Waals surface area contributed by atoms with E-state index in [9.17, 15) is 0 Å². The number of benzene rings is 2. The normalized spacial score (nSPS) is 10.6. The quantitative estimate of drug-likeness (QED) is 0.116. The van der Waals surface area contributed by atoms with Gasteiger partial charge in [-0.05, 0) is 127 Å². The fraction of sp³-hybridized carbons (Fsp3) is 0.408. The first kappa shape index (κ1) is 49.2. The van der Waals surface area contributed by atoms with Crippen LogP contribution in [-0.2, 0) is 45.4 Å². The third kappa shape index (κ3) is 22.7. The smallest absolute Gasteiger partial charge is 0.128 e. The lowest BCUT2D eigenvalue weighted by Gasteiger charge is -2.06. The van der Waals surface area contributed by atoms with Crippen LogP contribution in [0.15, 0.2) is 128 Å². The summed E-state index contributed by atoms with van der Waals surface area (Å²) in [6.07, 6.45) is 10.1. The Hall–Kier alpha value is -4.93. The molecule has 0 unspecified atom stereocenters. The molecule has 6 rings (SSSR count). The number of nitrogens with one attached hydrogen (secondary N) is 1. The minimum absolute atomic E-state index is 0.275. The van der Waals surface area contributed by atoms with Crippen molar-refractivity contribution in [1.29, 1.82) is 0 Å². The van der Waals surface area contributed by atoms with Crippen LogP contribution in [0.5, 0.6) is 5.75 Å². The summed E-state index contributed by atoms with van der Waals surface area (Å²) in [5.74, 6) is 1.46. The van der Waals surface area contributed by atoms with Crippen molar-refractivity contribution < 1.29 is 23.7 Å². The van der Waals surface area contributed by atoms with Crippen molar-refractivity contribution in [3.05, 3.63) is 156 Å². The van der Waals surface area contributed by atoms with Gasteiger partial charge in [0, 0.05) is 47.6 Å². The van der Waals surface area contributed by atoms with E-state index in [0.717, 1.165) is 29.1 Å². The van der Waals surface area contributed by atoms with E-state index in [0.29, 0.717) is 37.9 Å². The molecule has 0 bridgehead atoms. The van der Waals surface area contributed by atoms with Crippen LogP contribution in [0.25, 0.3) is 10.9 Å². The fourth-order valence-corrected chi connectivity index (χ4v) is 4.70. The van der Waals surface area contributed by atoms with Gasteiger partial charge in [-0.25, -0.2) is 0 Å². The van der Waals surface area contributed by atoms with Crippen LogP contribution in [0.2, 0.25) is 0 Å². The van der Waals surface area contributed by atoms with Gasteiger partial charge in [0.1, 0.15) is 5.75 Å². The Morgan fingerprint density at radius 3 is 1.57 bits per heavy atom. The van der Waals surface area contributed by atoms with Gasteiger partial charge in [-0.1, -0.05) is 62.4 Å². The minimum Gasteiger partial charge on any atom is -0.496 e. The summed E-state index contributed by atoms with van der Waals surface area (Å²) in [7, 11) is 1.71. The van der Waals surface area contributed by atoms with Crippen LogP contribution in [0.4, 0.5) is 0 Å². The summed E-state index contributed by atoms with van der Waals surface area (Å²) < 4.78 is 26.9. The predicted molar refractivity (Wildman–Crippen MR) is 238 cm³/mol. The molecule has 1 N–H and O–H groups in total. The predicted octanol–water partition coefficient (Wildman–Crippen LogP) is 11.9. The number of H-pyrrole nitrogens is 1. The summed E-state index contributed by atoms with van der Waals surface area (Å²) in [4.78, 5) is 15.4. The highest BCUT2D eigenvalue weighted by Gasteiger charge is 2.07. The van der Waals surface area contributed by atoms with Crippen molar-refractivity contribution >= 4 is 10.9 Å². The van der Waals surface area contributed by atoms with Gasteiger partial charge in [0.05, 0.1) is 63.6 Å². The molecule has 0 radical (unpaired) electrons. The van der Waals surface area contributed by atoms with Gasteiger partial charge in [-0.3, -0.25) is 15.0 Å². The van der Waals surface area contributed by atoms with Gasteiger partial charge >= 0.3 is 0 Å². The number of rotatable bonds is 14. The van der Waals surface area contributed by atoms with E-state index in [-0.39, 0.29) is 12.2 Å². The number of ether oxygens (including phenoxy) is 5. The van der Waals surface area contributed by atoms with Crippen molar-refractivity contribution in [2.24, 2.45) is 0 Å². The van der Waals surface area contributed by atoms with Crippen LogP contribution < -0.4 is 4.74 Å². The molecule has 0 spiro atoms. The van der Waals surface area contributed by atoms with E-state index in [1.54, 1.807) is 31.9 Å². The van der Waals surface area contributed by atoms with Crippen molar-refractivity contribution in [1.82, 2.24) is 19.9 Å². The van der Waals surface area contributed by atoms with Gasteiger partial charge in [0.2, 0.25) is 0 Å². The summed E-state index contributed by atoms with van der Waals surface area (Å²) in [5.41, 5.74) is 6.93. The molecule has 2 aromatic carbocycles. The number of hydrogen-bond acceptors (Lipinski definition) is 8. The van der Waals surface area contributed by atoms with Crippen molar-refractivity contribution in [3.63, 3.8) is 0 Å². The number of nitrogens with zero attached hydrogens (tertiary/aromatic N) is 3. The molecule has 0 saturated heterocycles. The zero-order chi connectivity index (χ0) is 42.5. The molecule has 4 aromatic heterocycles. The van der Waals surface area contributed by atoms with Gasteiger partial charge in [-0.15, -0.1) is 0 Å². The summed E-state index contributed by atoms with van der Waals surface area (Å²) >= 11 is 0. The van der Waals surface area contributed by atoms with E-state index in [4.69, 9.17) is 23.7 Å². The Kier molecular flexibility index (Phi) is 24.9. The maximum Gasteiger partial charge on any atom is 0.128 e. The Bertz CT molecular complexity index is 1660. The SMILES string of the molecule is CC(C)OCc1ccccc1.CC(C)OCc1ccccn1.CC(C)OCc1cccnc1.CC(C)OCc1ccncc1.COc1cccc2[nH]c(C(C)C)cc12. The summed E-state index contributed by atoms with van der Waals surface area (Å²) in [6.45, 7) is 23.3. The molecule has 314 valence electrons. The topological polar surface area (TPSA) is 101 Å². The second kappa shape index (κ2) is 29.3. The standard InChI is InChI=1S/C12H15NO.C10H14O.3C9H13NO/c1-8(2)11-7-9-10(13-11)5-4-6-12(9)14-3;1-9(2)11-8-10-6-4-3-5-7-10;1-8(2)11-7-9-3-5-10-6-4-9;1-8(2)11-7-9-4-3-5-10-6-9;1-8(2)11-7-9-5-3-4-6-10-9/h4-8,13H,1-3H3;3-7,9H,8H2,1-2H3;3*3-6,8H,7H2,1-2H3. The molecule has 0 aliphatic carbocycles. The molecular formula is C49H68N4O5. The average molecular weight is 793 g/mol. The average Bonchev–Trinajstić information content (AvgIpc) is 3.69. The Morgan fingerprint density at radius 2 is 1.05 bits per heavy atom. The molecule has 0 fully saturated rings. The largest absolute Gasteiger partial charge is 0.496 e. The van der Waals surface area contributed by atoms with Crippen molar-refractivity contribution in [2.75, 3.05) is 7.11 Å². The Labute approximate surface area is 348 Å². The van der Waals surface area contributed by atoms with Gasteiger partial charge in [-0.2, -0.15) is 0 Å². The second-order valence-corrected chi connectivity index (χ2v) is 14.8. The second-order valence-electron chi connectivity index (χ2n) is 14.8. The van der Waals surface area contributed by atoms with Gasteiger partial charge < -0.3 is 28.7 Å². The molecule has 9 nitrogen and oxygen atoms in total. The fourth-order valence-electron chi connectivity index (χ4n) is 4.70. The number of hydrogen-bond donors (Lipinski definition) is 1. The van der Waals surface area contributed by atoms with Crippen LogP contribution in [0.3, 0.4) is 0 Å². The molecule has 0 atom stereocenters. The van der Waals surface area contributed by atoms with E-state index in [1.165, 1.54) is 22.2 Å². The molecule has 0 aliphatic rings. The third-order valence-electron chi connectivity index (χ3n) is 7.84. The van der Waals surface area contributed by atoms with E-state index in [1.807, 2.05) is 134 Å². The van der Waals surface area contributed by atoms with Crippen molar-refractivity contribution in [3.8, 4) is 5.75 Å². The maximum absolute atomic E-state index is 5.43.